The van der Waals surface area contributed by atoms with E-state index in [1.807, 2.05) is 0 Å². The molecule has 1 aromatic rings. The fraction of sp³-hybridized carbons (Fsp3) is 0.455. The molecule has 1 N–H and O–H groups in total. The molecule has 3 atom stereocenters. The zero-order valence-electron chi connectivity index (χ0n) is 15.5. The normalized spacial score (nSPS) is 28.3. The predicted molar refractivity (Wildman–Crippen MR) is 109 cm³/mol. The van der Waals surface area contributed by atoms with Crippen LogP contribution in [-0.2, 0) is 6.54 Å². The van der Waals surface area contributed by atoms with Gasteiger partial charge in [0.25, 0.3) is 0 Å². The van der Waals surface area contributed by atoms with Crippen molar-refractivity contribution in [2.45, 2.75) is 38.0 Å². The zero-order chi connectivity index (χ0) is 17.3. The third kappa shape index (κ3) is 3.40. The maximum absolute atomic E-state index is 3.98. The Bertz CT molecular complexity index is 683. The van der Waals surface area contributed by atoms with Gasteiger partial charge in [-0.3, -0.25) is 0 Å². The molecule has 3 unspecified atom stereocenters. The van der Waals surface area contributed by atoms with Crippen molar-refractivity contribution in [3.63, 3.8) is 0 Å². The van der Waals surface area contributed by atoms with Gasteiger partial charge in [-0.05, 0) is 29.9 Å². The Morgan fingerprint density at radius 1 is 1.04 bits per heavy atom. The van der Waals surface area contributed by atoms with E-state index in [0.29, 0.717) is 17.4 Å². The molecule has 2 aliphatic carbocycles. The Morgan fingerprint density at radius 3 is 2.52 bits per heavy atom. The highest BCUT2D eigenvalue weighted by atomic mass is 28.3. The summed E-state index contributed by atoms with van der Waals surface area (Å²) < 4.78 is 0. The Kier molecular flexibility index (Phi) is 4.70. The molecule has 3 aliphatic rings. The van der Waals surface area contributed by atoms with Crippen molar-refractivity contribution < 1.29 is 0 Å². The molecule has 3 heteroatoms. The minimum atomic E-state index is -1.59. The molecule has 0 aromatic heterocycles. The third-order valence-electron chi connectivity index (χ3n) is 6.18. The van der Waals surface area contributed by atoms with Crippen LogP contribution in [0, 0.1) is 11.8 Å². The number of allylic oxidation sites excluding steroid dienone is 5. The summed E-state index contributed by atoms with van der Waals surface area (Å²) in [7, 11) is -1.59. The molecule has 2 nitrogen and oxygen atoms in total. The van der Waals surface area contributed by atoms with E-state index in [1.54, 1.807) is 5.70 Å². The lowest BCUT2D eigenvalue weighted by Crippen LogP contribution is -2.49. The van der Waals surface area contributed by atoms with Crippen molar-refractivity contribution in [1.82, 2.24) is 9.88 Å². The molecule has 25 heavy (non-hydrogen) atoms. The molecule has 4 rings (SSSR count). The number of benzene rings is 1. The number of nitrogens with one attached hydrogen (secondary N) is 1. The number of likely N-dealkylation sites (tertiary alicyclic amines) is 1. The summed E-state index contributed by atoms with van der Waals surface area (Å²) in [5, 5.41) is 0. The van der Waals surface area contributed by atoms with Crippen LogP contribution in [0.15, 0.2) is 66.4 Å². The summed E-state index contributed by atoms with van der Waals surface area (Å²) >= 11 is 0. The van der Waals surface area contributed by atoms with Crippen molar-refractivity contribution in [1.29, 1.82) is 0 Å². The maximum atomic E-state index is 3.98. The molecular formula is C22H30N2Si. The van der Waals surface area contributed by atoms with E-state index >= 15 is 0 Å². The first kappa shape index (κ1) is 16.9. The van der Waals surface area contributed by atoms with Crippen molar-refractivity contribution in [2.24, 2.45) is 11.8 Å². The van der Waals surface area contributed by atoms with Gasteiger partial charge in [-0.1, -0.05) is 73.8 Å². The topological polar surface area (TPSA) is 15.3 Å². The average molecular weight is 351 g/mol. The highest BCUT2D eigenvalue weighted by Crippen LogP contribution is 2.49. The van der Waals surface area contributed by atoms with Crippen LogP contribution in [-0.4, -0.2) is 26.2 Å². The van der Waals surface area contributed by atoms with Crippen LogP contribution in [0.3, 0.4) is 0 Å². The van der Waals surface area contributed by atoms with Gasteiger partial charge in [0.2, 0.25) is 0 Å². The van der Waals surface area contributed by atoms with Crippen molar-refractivity contribution in [3.05, 3.63) is 72.0 Å². The SMILES string of the molecule is C[Si](C)(NCc1ccccc1)C1C=C(N2CCCC2)C2C=CC=CC21. The van der Waals surface area contributed by atoms with Gasteiger partial charge in [0.15, 0.2) is 0 Å². The van der Waals surface area contributed by atoms with Gasteiger partial charge >= 0.3 is 0 Å². The highest BCUT2D eigenvalue weighted by molar-refractivity contribution is 6.77. The largest absolute Gasteiger partial charge is 0.375 e. The molecule has 0 radical (unpaired) electrons. The average Bonchev–Trinajstić information content (AvgIpc) is 3.28. The second-order valence-corrected chi connectivity index (χ2v) is 12.7. The number of hydrogen-bond acceptors (Lipinski definition) is 2. The molecule has 0 spiro atoms. The minimum absolute atomic E-state index is 0.596. The van der Waals surface area contributed by atoms with E-state index in [1.165, 1.54) is 31.5 Å². The molecule has 1 aliphatic heterocycles. The first-order chi connectivity index (χ1) is 12.1. The van der Waals surface area contributed by atoms with Crippen LogP contribution >= 0.6 is 0 Å². The highest BCUT2D eigenvalue weighted by Gasteiger charge is 2.45. The number of fused-ring (bicyclic) bond motifs is 1. The molecule has 1 saturated heterocycles. The Hall–Kier alpha value is -1.58. The Labute approximate surface area is 153 Å². The molecular weight excluding hydrogens is 320 g/mol. The summed E-state index contributed by atoms with van der Waals surface area (Å²) in [5.74, 6) is 1.24. The monoisotopic (exact) mass is 350 g/mol. The van der Waals surface area contributed by atoms with Gasteiger partial charge < -0.3 is 9.88 Å². The van der Waals surface area contributed by atoms with E-state index in [0.717, 1.165) is 6.54 Å². The number of hydrogen-bond donors (Lipinski definition) is 1. The quantitative estimate of drug-likeness (QED) is 0.774. The van der Waals surface area contributed by atoms with Gasteiger partial charge in [0.1, 0.15) is 8.24 Å². The van der Waals surface area contributed by atoms with Crippen LogP contribution < -0.4 is 4.98 Å². The summed E-state index contributed by atoms with van der Waals surface area (Å²) in [6.07, 6.45) is 14.8. The number of nitrogens with zero attached hydrogens (tertiary/aromatic N) is 1. The van der Waals surface area contributed by atoms with Gasteiger partial charge in [0.05, 0.1) is 0 Å². The van der Waals surface area contributed by atoms with Crippen molar-refractivity contribution in [3.8, 4) is 0 Å². The molecule has 0 bridgehead atoms. The molecule has 1 aromatic carbocycles. The molecule has 0 saturated carbocycles. The van der Waals surface area contributed by atoms with Crippen LogP contribution in [0.25, 0.3) is 0 Å². The van der Waals surface area contributed by atoms with E-state index in [-0.39, 0.29) is 0 Å². The van der Waals surface area contributed by atoms with Crippen LogP contribution in [0.4, 0.5) is 0 Å². The van der Waals surface area contributed by atoms with Crippen molar-refractivity contribution >= 4 is 8.24 Å². The zero-order valence-corrected chi connectivity index (χ0v) is 16.5. The fourth-order valence-corrected chi connectivity index (χ4v) is 7.46. The lowest BCUT2D eigenvalue weighted by molar-refractivity contribution is 0.372. The maximum Gasteiger partial charge on any atom is 0.127 e. The van der Waals surface area contributed by atoms with Crippen LogP contribution in [0.5, 0.6) is 0 Å². The standard InChI is InChI=1S/C22H30N2Si/c1-25(2,23-17-18-10-4-3-5-11-18)22-16-21(24-14-8-9-15-24)19-12-6-7-13-20(19)22/h3-7,10-13,16,19-20,22-23H,8-9,14-15,17H2,1-2H3. The molecule has 1 heterocycles. The number of rotatable bonds is 5. The molecule has 1 fully saturated rings. The molecule has 132 valence electrons. The van der Waals surface area contributed by atoms with Gasteiger partial charge in [-0.2, -0.15) is 0 Å². The van der Waals surface area contributed by atoms with Crippen molar-refractivity contribution in [2.75, 3.05) is 13.1 Å². The second kappa shape index (κ2) is 6.97. The predicted octanol–water partition coefficient (Wildman–Crippen LogP) is 4.70. The van der Waals surface area contributed by atoms with E-state index in [9.17, 15) is 0 Å². The van der Waals surface area contributed by atoms with Gasteiger partial charge in [-0.25, -0.2) is 0 Å². The van der Waals surface area contributed by atoms with Gasteiger partial charge in [0, 0.05) is 31.2 Å². The van der Waals surface area contributed by atoms with Gasteiger partial charge in [-0.15, -0.1) is 0 Å². The summed E-state index contributed by atoms with van der Waals surface area (Å²) in [5.41, 5.74) is 3.66. The van der Waals surface area contributed by atoms with Crippen LogP contribution in [0.1, 0.15) is 18.4 Å². The van der Waals surface area contributed by atoms with E-state index in [2.05, 4.69) is 83.7 Å². The smallest absolute Gasteiger partial charge is 0.127 e. The summed E-state index contributed by atoms with van der Waals surface area (Å²) in [6.45, 7) is 8.50. The first-order valence-corrected chi connectivity index (χ1v) is 12.8. The minimum Gasteiger partial charge on any atom is -0.375 e. The summed E-state index contributed by atoms with van der Waals surface area (Å²) in [4.78, 5) is 6.63. The lowest BCUT2D eigenvalue weighted by atomic mass is 9.89. The third-order valence-corrected chi connectivity index (χ3v) is 9.49. The second-order valence-electron chi connectivity index (χ2n) is 8.25. The Balaban J connectivity index is 1.54. The van der Waals surface area contributed by atoms with E-state index < -0.39 is 8.24 Å². The lowest BCUT2D eigenvalue weighted by Gasteiger charge is -2.35. The van der Waals surface area contributed by atoms with E-state index in [4.69, 9.17) is 0 Å². The molecule has 0 amide bonds. The Morgan fingerprint density at radius 2 is 1.76 bits per heavy atom. The fourth-order valence-electron chi connectivity index (χ4n) is 4.69. The first-order valence-electron chi connectivity index (χ1n) is 9.76. The van der Waals surface area contributed by atoms with Crippen LogP contribution in [0.2, 0.25) is 18.6 Å². The summed E-state index contributed by atoms with van der Waals surface area (Å²) in [6, 6.07) is 10.8.